The molecule has 11 heteroatoms. The fourth-order valence-electron chi connectivity index (χ4n) is 2.90. The van der Waals surface area contributed by atoms with Crippen molar-refractivity contribution in [3.8, 4) is 0 Å². The quantitative estimate of drug-likeness (QED) is 0.228. The summed E-state index contributed by atoms with van der Waals surface area (Å²) in [7, 11) is 0. The van der Waals surface area contributed by atoms with Gasteiger partial charge in [0, 0.05) is 0 Å². The highest BCUT2D eigenvalue weighted by Gasteiger charge is 2.54. The highest BCUT2D eigenvalue weighted by molar-refractivity contribution is 5.03. The van der Waals surface area contributed by atoms with Gasteiger partial charge in [-0.1, -0.05) is 0 Å². The predicted octanol–water partition coefficient (Wildman–Crippen LogP) is -6.62. The lowest BCUT2D eigenvalue weighted by atomic mass is 9.82. The van der Waals surface area contributed by atoms with Crippen molar-refractivity contribution in [3.63, 3.8) is 0 Å². The summed E-state index contributed by atoms with van der Waals surface area (Å²) in [6.07, 6.45) is -22.2. The number of hydrogen-bond donors (Lipinski definition) is 10. The van der Waals surface area contributed by atoms with Crippen molar-refractivity contribution < 1.29 is 55.8 Å². The van der Waals surface area contributed by atoms with Gasteiger partial charge in [-0.2, -0.15) is 0 Å². The van der Waals surface area contributed by atoms with Crippen molar-refractivity contribution in [2.75, 3.05) is 0 Å². The molecule has 136 valence electrons. The molecule has 0 aromatic heterocycles. The highest BCUT2D eigenvalue weighted by Crippen LogP contribution is 2.30. The van der Waals surface area contributed by atoms with E-state index in [9.17, 15) is 51.1 Å². The molecule has 23 heavy (non-hydrogen) atoms. The average molecular weight is 342 g/mol. The minimum atomic E-state index is -1.89. The van der Waals surface area contributed by atoms with E-state index in [4.69, 9.17) is 4.74 Å². The van der Waals surface area contributed by atoms with Crippen LogP contribution in [0.4, 0.5) is 0 Å². The largest absolute Gasteiger partial charge is 0.387 e. The molecule has 4 unspecified atom stereocenters. The van der Waals surface area contributed by atoms with Gasteiger partial charge in [0.2, 0.25) is 0 Å². The van der Waals surface area contributed by atoms with E-state index in [1.807, 2.05) is 0 Å². The number of hydrogen-bond acceptors (Lipinski definition) is 11. The third-order valence-electron chi connectivity index (χ3n) is 4.46. The second-order valence-electron chi connectivity index (χ2n) is 5.97. The van der Waals surface area contributed by atoms with Gasteiger partial charge < -0.3 is 55.8 Å². The molecule has 11 nitrogen and oxygen atoms in total. The molecule has 2 saturated carbocycles. The number of rotatable bonds is 2. The SMILES string of the molecule is OC1[C@@H](O)[C@H](O)C(OC2[C@@H](O)[C@H](O)C(O)[C@@H](O)[C@H]2O)[C@H](O)[C@@H]1O. The monoisotopic (exact) mass is 342 g/mol. The van der Waals surface area contributed by atoms with Gasteiger partial charge in [0.1, 0.15) is 73.2 Å². The van der Waals surface area contributed by atoms with Gasteiger partial charge in [-0.3, -0.25) is 0 Å². The Kier molecular flexibility index (Phi) is 5.60. The third kappa shape index (κ3) is 3.10. The lowest BCUT2D eigenvalue weighted by Gasteiger charge is -2.47. The topological polar surface area (TPSA) is 212 Å². The Bertz CT molecular complexity index is 340. The molecule has 2 aliphatic carbocycles. The zero-order valence-corrected chi connectivity index (χ0v) is 11.8. The Morgan fingerprint density at radius 2 is 0.478 bits per heavy atom. The van der Waals surface area contributed by atoms with Gasteiger partial charge in [-0.05, 0) is 0 Å². The second kappa shape index (κ2) is 6.82. The van der Waals surface area contributed by atoms with Crippen LogP contribution in [0.1, 0.15) is 0 Å². The van der Waals surface area contributed by atoms with Crippen LogP contribution in [-0.2, 0) is 4.74 Å². The van der Waals surface area contributed by atoms with E-state index in [-0.39, 0.29) is 0 Å². The summed E-state index contributed by atoms with van der Waals surface area (Å²) in [5, 5.41) is 96.6. The van der Waals surface area contributed by atoms with E-state index in [0.29, 0.717) is 0 Å². The highest BCUT2D eigenvalue weighted by atomic mass is 16.6. The van der Waals surface area contributed by atoms with E-state index in [0.717, 1.165) is 0 Å². The van der Waals surface area contributed by atoms with E-state index in [1.165, 1.54) is 0 Å². The summed E-state index contributed by atoms with van der Waals surface area (Å²) >= 11 is 0. The van der Waals surface area contributed by atoms with Crippen LogP contribution in [0.5, 0.6) is 0 Å². The minimum absolute atomic E-state index is 1.74. The van der Waals surface area contributed by atoms with Crippen molar-refractivity contribution in [3.05, 3.63) is 0 Å². The number of aliphatic hydroxyl groups is 10. The molecule has 0 aliphatic heterocycles. The molecule has 0 bridgehead atoms. The van der Waals surface area contributed by atoms with Gasteiger partial charge in [0.05, 0.1) is 0 Å². The van der Waals surface area contributed by atoms with Crippen molar-refractivity contribution in [2.24, 2.45) is 0 Å². The first-order valence-corrected chi connectivity index (χ1v) is 7.05. The van der Waals surface area contributed by atoms with E-state index in [2.05, 4.69) is 0 Å². The molecular formula is C12H22O11. The Balaban J connectivity index is 2.19. The first-order chi connectivity index (χ1) is 10.6. The Labute approximate surface area is 130 Å². The molecule has 0 radical (unpaired) electrons. The zero-order chi connectivity index (χ0) is 17.6. The lowest BCUT2D eigenvalue weighted by Crippen LogP contribution is -2.69. The van der Waals surface area contributed by atoms with E-state index >= 15 is 0 Å². The summed E-state index contributed by atoms with van der Waals surface area (Å²) in [6, 6.07) is 0. The smallest absolute Gasteiger partial charge is 0.115 e. The molecule has 0 aromatic rings. The van der Waals surface area contributed by atoms with Crippen molar-refractivity contribution in [1.29, 1.82) is 0 Å². The second-order valence-corrected chi connectivity index (χ2v) is 5.97. The van der Waals surface area contributed by atoms with Gasteiger partial charge >= 0.3 is 0 Å². The minimum Gasteiger partial charge on any atom is -0.387 e. The Morgan fingerprint density at radius 3 is 0.696 bits per heavy atom. The van der Waals surface area contributed by atoms with Crippen LogP contribution in [0, 0.1) is 0 Å². The number of ether oxygens (including phenoxy) is 1. The van der Waals surface area contributed by atoms with Crippen LogP contribution in [0.25, 0.3) is 0 Å². The van der Waals surface area contributed by atoms with Crippen LogP contribution in [-0.4, -0.2) is 124 Å². The summed E-state index contributed by atoms with van der Waals surface area (Å²) in [5.41, 5.74) is 0. The van der Waals surface area contributed by atoms with Crippen molar-refractivity contribution in [2.45, 2.75) is 73.2 Å². The van der Waals surface area contributed by atoms with Gasteiger partial charge in [-0.25, -0.2) is 0 Å². The molecule has 0 saturated heterocycles. The van der Waals surface area contributed by atoms with Gasteiger partial charge in [0.25, 0.3) is 0 Å². The van der Waals surface area contributed by atoms with Crippen LogP contribution < -0.4 is 0 Å². The summed E-state index contributed by atoms with van der Waals surface area (Å²) in [6.45, 7) is 0. The van der Waals surface area contributed by atoms with E-state index in [1.54, 1.807) is 0 Å². The maximum atomic E-state index is 9.84. The molecule has 2 aliphatic rings. The summed E-state index contributed by atoms with van der Waals surface area (Å²) in [4.78, 5) is 0. The van der Waals surface area contributed by atoms with Crippen LogP contribution in [0.2, 0.25) is 0 Å². The third-order valence-corrected chi connectivity index (χ3v) is 4.46. The molecule has 0 heterocycles. The predicted molar refractivity (Wildman–Crippen MR) is 68.7 cm³/mol. The fourth-order valence-corrected chi connectivity index (χ4v) is 2.90. The van der Waals surface area contributed by atoms with Crippen molar-refractivity contribution in [1.82, 2.24) is 0 Å². The summed E-state index contributed by atoms with van der Waals surface area (Å²) in [5.74, 6) is 0. The Hall–Kier alpha value is -0.440. The van der Waals surface area contributed by atoms with Crippen LogP contribution in [0.15, 0.2) is 0 Å². The van der Waals surface area contributed by atoms with Crippen LogP contribution >= 0.6 is 0 Å². The molecule has 10 N–H and O–H groups in total. The average Bonchev–Trinajstić information content (AvgIpc) is 2.54. The maximum absolute atomic E-state index is 9.84. The van der Waals surface area contributed by atoms with Crippen LogP contribution in [0.3, 0.4) is 0 Å². The summed E-state index contributed by atoms with van der Waals surface area (Å²) < 4.78 is 5.10. The normalized spacial score (nSPS) is 58.2. The van der Waals surface area contributed by atoms with Gasteiger partial charge in [0.15, 0.2) is 0 Å². The molecular weight excluding hydrogens is 320 g/mol. The molecule has 0 aromatic carbocycles. The molecule has 2 fully saturated rings. The van der Waals surface area contributed by atoms with Crippen molar-refractivity contribution >= 4 is 0 Å². The molecule has 0 amide bonds. The zero-order valence-electron chi connectivity index (χ0n) is 11.8. The molecule has 12 atom stereocenters. The lowest BCUT2D eigenvalue weighted by molar-refractivity contribution is -0.289. The first kappa shape index (κ1) is 18.9. The van der Waals surface area contributed by atoms with Gasteiger partial charge in [-0.15, -0.1) is 0 Å². The van der Waals surface area contributed by atoms with E-state index < -0.39 is 73.2 Å². The molecule has 0 spiro atoms. The standard InChI is InChI=1S/C12H22O11/c13-1-3(15)7(19)11(8(20)4(1)16)23-12-9(21)5(17)2(14)6(18)10(12)22/h1-22H/t1?,2?,3-,4-,5-,6-,7-,8+,9-,10+,11?,12?/m1/s1. The fraction of sp³-hybridized carbons (Fsp3) is 1.00. The Morgan fingerprint density at radius 1 is 0.304 bits per heavy atom. The first-order valence-electron chi connectivity index (χ1n) is 7.05. The molecule has 2 rings (SSSR count). The maximum Gasteiger partial charge on any atom is 0.115 e. The number of aliphatic hydroxyl groups excluding tert-OH is 10.